The van der Waals surface area contributed by atoms with E-state index in [-0.39, 0.29) is 0 Å². The first-order chi connectivity index (χ1) is 9.69. The summed E-state index contributed by atoms with van der Waals surface area (Å²) in [6.45, 7) is 3.13. The van der Waals surface area contributed by atoms with Crippen molar-refractivity contribution in [1.82, 2.24) is 5.32 Å². The lowest BCUT2D eigenvalue weighted by molar-refractivity contribution is 0.492. The van der Waals surface area contributed by atoms with Gasteiger partial charge in [-0.25, -0.2) is 0 Å². The van der Waals surface area contributed by atoms with Crippen LogP contribution in [0.3, 0.4) is 0 Å². The van der Waals surface area contributed by atoms with Crippen LogP contribution in [0, 0.1) is 0 Å². The number of thiophene rings is 1. The van der Waals surface area contributed by atoms with Crippen molar-refractivity contribution in [3.8, 4) is 0 Å². The van der Waals surface area contributed by atoms with Gasteiger partial charge in [-0.15, -0.1) is 11.3 Å². The number of halogens is 2. The lowest BCUT2D eigenvalue weighted by Gasteiger charge is -2.18. The monoisotopic (exact) mass is 327 g/mol. The summed E-state index contributed by atoms with van der Waals surface area (Å²) in [5.74, 6) is 0. The molecule has 0 aliphatic heterocycles. The number of aryl methyl sites for hydroxylation is 1. The van der Waals surface area contributed by atoms with Gasteiger partial charge in [0.15, 0.2) is 0 Å². The topological polar surface area (TPSA) is 12.0 Å². The molecule has 0 spiro atoms. The Hall–Kier alpha value is -0.540. The van der Waals surface area contributed by atoms with E-state index >= 15 is 0 Å². The molecule has 1 nitrogen and oxygen atoms in total. The average Bonchev–Trinajstić information content (AvgIpc) is 2.94. The van der Waals surface area contributed by atoms with Crippen molar-refractivity contribution in [2.24, 2.45) is 0 Å². The number of likely N-dealkylation sites (N-methyl/N-ethyl adjacent to an activating group) is 1. The molecule has 1 atom stereocenters. The molecule has 0 bridgehead atoms. The highest BCUT2D eigenvalue weighted by atomic mass is 35.5. The molecule has 1 aromatic heterocycles. The Bertz CT molecular complexity index is 525. The quantitative estimate of drug-likeness (QED) is 0.736. The number of nitrogens with one attached hydrogen (secondary N) is 1. The van der Waals surface area contributed by atoms with Crippen molar-refractivity contribution < 1.29 is 0 Å². The Morgan fingerprint density at radius 3 is 2.70 bits per heavy atom. The zero-order valence-electron chi connectivity index (χ0n) is 11.5. The Balaban J connectivity index is 1.95. The molecule has 4 heteroatoms. The van der Waals surface area contributed by atoms with Crippen LogP contribution in [-0.2, 0) is 12.8 Å². The Labute approximate surface area is 134 Å². The van der Waals surface area contributed by atoms with Gasteiger partial charge in [-0.1, -0.05) is 42.3 Å². The minimum Gasteiger partial charge on any atom is -0.314 e. The van der Waals surface area contributed by atoms with E-state index in [1.54, 1.807) is 0 Å². The minimum absolute atomic E-state index is 0.472. The second-order valence-electron chi connectivity index (χ2n) is 4.83. The van der Waals surface area contributed by atoms with E-state index in [1.165, 1.54) is 10.4 Å². The van der Waals surface area contributed by atoms with Gasteiger partial charge in [0.2, 0.25) is 0 Å². The second-order valence-corrected chi connectivity index (χ2v) is 6.67. The predicted octanol–water partition coefficient (Wildman–Crippen LogP) is 5.21. The molecule has 2 aromatic rings. The molecule has 1 unspecified atom stereocenters. The van der Waals surface area contributed by atoms with Gasteiger partial charge < -0.3 is 5.32 Å². The maximum Gasteiger partial charge on any atom is 0.0595 e. The molecule has 0 radical (unpaired) electrons. The van der Waals surface area contributed by atoms with Crippen molar-refractivity contribution in [1.29, 1.82) is 0 Å². The third-order valence-corrected chi connectivity index (χ3v) is 4.95. The van der Waals surface area contributed by atoms with Gasteiger partial charge in [-0.3, -0.25) is 0 Å². The zero-order valence-corrected chi connectivity index (χ0v) is 13.9. The van der Waals surface area contributed by atoms with Gasteiger partial charge in [0.25, 0.3) is 0 Å². The second kappa shape index (κ2) is 8.04. The van der Waals surface area contributed by atoms with Crippen LogP contribution in [0.1, 0.15) is 23.8 Å². The molecule has 0 aliphatic rings. The number of hydrogen-bond acceptors (Lipinski definition) is 2. The Kier molecular flexibility index (Phi) is 6.37. The van der Waals surface area contributed by atoms with Crippen LogP contribution < -0.4 is 5.32 Å². The van der Waals surface area contributed by atoms with Crippen LogP contribution in [0.2, 0.25) is 10.0 Å². The van der Waals surface area contributed by atoms with Crippen LogP contribution in [0.4, 0.5) is 0 Å². The van der Waals surface area contributed by atoms with Crippen LogP contribution >= 0.6 is 34.5 Å². The fourth-order valence-electron chi connectivity index (χ4n) is 2.29. The van der Waals surface area contributed by atoms with Gasteiger partial charge in [0.05, 0.1) is 10.0 Å². The molecule has 1 aromatic carbocycles. The maximum atomic E-state index is 6.08. The van der Waals surface area contributed by atoms with E-state index < -0.39 is 0 Å². The highest BCUT2D eigenvalue weighted by Gasteiger charge is 2.10. The van der Waals surface area contributed by atoms with Crippen molar-refractivity contribution in [2.75, 3.05) is 6.54 Å². The molecule has 20 heavy (non-hydrogen) atoms. The highest BCUT2D eigenvalue weighted by molar-refractivity contribution is 7.09. The predicted molar refractivity (Wildman–Crippen MR) is 90.3 cm³/mol. The van der Waals surface area contributed by atoms with Crippen LogP contribution in [0.5, 0.6) is 0 Å². The summed E-state index contributed by atoms with van der Waals surface area (Å²) >= 11 is 13.9. The van der Waals surface area contributed by atoms with E-state index in [2.05, 4.69) is 35.8 Å². The average molecular weight is 328 g/mol. The standard InChI is InChI=1S/C16H19Cl2NS/c1-2-19-13(6-7-14-4-3-9-20-14)10-12-5-8-15(17)16(18)11-12/h3-5,8-9,11,13,19H,2,6-7,10H2,1H3. The molecule has 1 heterocycles. The molecule has 0 amide bonds. The molecule has 0 aliphatic carbocycles. The first-order valence-electron chi connectivity index (χ1n) is 6.88. The third kappa shape index (κ3) is 4.78. The molecule has 0 saturated carbocycles. The lowest BCUT2D eigenvalue weighted by atomic mass is 10.0. The maximum absolute atomic E-state index is 6.08. The smallest absolute Gasteiger partial charge is 0.0595 e. The summed E-state index contributed by atoms with van der Waals surface area (Å²) in [5, 5.41) is 6.95. The van der Waals surface area contributed by atoms with E-state index in [9.17, 15) is 0 Å². The summed E-state index contributed by atoms with van der Waals surface area (Å²) in [7, 11) is 0. The summed E-state index contributed by atoms with van der Waals surface area (Å²) in [6, 6.07) is 10.7. The molecule has 1 N–H and O–H groups in total. The van der Waals surface area contributed by atoms with Gasteiger partial charge in [-0.2, -0.15) is 0 Å². The Morgan fingerprint density at radius 1 is 1.20 bits per heavy atom. The zero-order chi connectivity index (χ0) is 14.4. The highest BCUT2D eigenvalue weighted by Crippen LogP contribution is 2.23. The first kappa shape index (κ1) is 15.8. The molecular formula is C16H19Cl2NS. The van der Waals surface area contributed by atoms with Gasteiger partial charge in [0, 0.05) is 10.9 Å². The van der Waals surface area contributed by atoms with E-state index in [0.29, 0.717) is 16.1 Å². The van der Waals surface area contributed by atoms with Gasteiger partial charge in [-0.05, 0) is 54.9 Å². The van der Waals surface area contributed by atoms with E-state index in [0.717, 1.165) is 25.8 Å². The molecule has 2 rings (SSSR count). The van der Waals surface area contributed by atoms with Crippen molar-refractivity contribution in [3.63, 3.8) is 0 Å². The van der Waals surface area contributed by atoms with Crippen molar-refractivity contribution >= 4 is 34.5 Å². The lowest BCUT2D eigenvalue weighted by Crippen LogP contribution is -2.31. The molecule has 0 fully saturated rings. The van der Waals surface area contributed by atoms with Gasteiger partial charge >= 0.3 is 0 Å². The number of benzene rings is 1. The molecule has 108 valence electrons. The third-order valence-electron chi connectivity index (χ3n) is 3.28. The number of hydrogen-bond donors (Lipinski definition) is 1. The van der Waals surface area contributed by atoms with E-state index in [1.807, 2.05) is 23.5 Å². The van der Waals surface area contributed by atoms with Gasteiger partial charge in [0.1, 0.15) is 0 Å². The summed E-state index contributed by atoms with van der Waals surface area (Å²) in [6.07, 6.45) is 3.24. The van der Waals surface area contributed by atoms with Crippen LogP contribution in [-0.4, -0.2) is 12.6 Å². The minimum atomic E-state index is 0.472. The fourth-order valence-corrected chi connectivity index (χ4v) is 3.33. The largest absolute Gasteiger partial charge is 0.314 e. The summed E-state index contributed by atoms with van der Waals surface area (Å²) < 4.78 is 0. The summed E-state index contributed by atoms with van der Waals surface area (Å²) in [4.78, 5) is 1.45. The summed E-state index contributed by atoms with van der Waals surface area (Å²) in [5.41, 5.74) is 1.23. The number of rotatable bonds is 7. The van der Waals surface area contributed by atoms with Crippen LogP contribution in [0.15, 0.2) is 35.7 Å². The molecule has 0 saturated heterocycles. The van der Waals surface area contributed by atoms with Crippen LogP contribution in [0.25, 0.3) is 0 Å². The normalized spacial score (nSPS) is 12.6. The van der Waals surface area contributed by atoms with Crippen molar-refractivity contribution in [3.05, 3.63) is 56.2 Å². The van der Waals surface area contributed by atoms with E-state index in [4.69, 9.17) is 23.2 Å². The first-order valence-corrected chi connectivity index (χ1v) is 8.52. The molecular weight excluding hydrogens is 309 g/mol. The SMILES string of the molecule is CCNC(CCc1cccs1)Cc1ccc(Cl)c(Cl)c1. The Morgan fingerprint density at radius 2 is 2.05 bits per heavy atom. The van der Waals surface area contributed by atoms with Crippen molar-refractivity contribution in [2.45, 2.75) is 32.2 Å². The fraction of sp³-hybridized carbons (Fsp3) is 0.375.